The Morgan fingerprint density at radius 3 is 2.44 bits per heavy atom. The van der Waals surface area contributed by atoms with E-state index in [1.54, 1.807) is 5.56 Å². The Morgan fingerprint density at radius 2 is 1.83 bits per heavy atom. The molecule has 2 fully saturated rings. The topological polar surface area (TPSA) is 3.24 Å². The first-order valence-electron chi connectivity index (χ1n) is 7.51. The third-order valence-corrected chi connectivity index (χ3v) is 4.74. The van der Waals surface area contributed by atoms with E-state index in [1.165, 1.54) is 32.5 Å². The van der Waals surface area contributed by atoms with E-state index in [0.717, 1.165) is 23.7 Å². The zero-order valence-corrected chi connectivity index (χ0v) is 11.7. The van der Waals surface area contributed by atoms with E-state index in [2.05, 4.69) is 49.1 Å². The minimum Gasteiger partial charge on any atom is -0.302 e. The Morgan fingerprint density at radius 1 is 1.11 bits per heavy atom. The molecule has 0 spiro atoms. The maximum absolute atomic E-state index is 2.72. The molecule has 0 amide bonds. The molecule has 1 aliphatic carbocycles. The maximum Gasteiger partial charge on any atom is 0.00538 e. The molecule has 1 aromatic carbocycles. The summed E-state index contributed by atoms with van der Waals surface area (Å²) in [7, 11) is 0. The van der Waals surface area contributed by atoms with Gasteiger partial charge in [0.1, 0.15) is 0 Å². The molecule has 1 aliphatic heterocycles. The van der Waals surface area contributed by atoms with Crippen molar-refractivity contribution in [3.8, 4) is 0 Å². The predicted molar refractivity (Wildman–Crippen MR) is 76.7 cm³/mol. The Hall–Kier alpha value is -0.820. The van der Waals surface area contributed by atoms with Gasteiger partial charge in [-0.2, -0.15) is 0 Å². The van der Waals surface area contributed by atoms with Crippen molar-refractivity contribution in [2.45, 2.75) is 32.6 Å². The second-order valence-corrected chi connectivity index (χ2v) is 6.59. The van der Waals surface area contributed by atoms with Crippen LogP contribution in [0.2, 0.25) is 0 Å². The number of nitrogens with zero attached hydrogens (tertiary/aromatic N) is 1. The lowest BCUT2D eigenvalue weighted by Gasteiger charge is -2.22. The number of hydrogen-bond acceptors (Lipinski definition) is 1. The van der Waals surface area contributed by atoms with Crippen LogP contribution in [0.4, 0.5) is 0 Å². The van der Waals surface area contributed by atoms with Crippen LogP contribution >= 0.6 is 0 Å². The summed E-state index contributed by atoms with van der Waals surface area (Å²) in [6.07, 6.45) is 2.94. The molecular weight excluding hydrogens is 218 g/mol. The normalized spacial score (nSPS) is 29.1. The van der Waals surface area contributed by atoms with E-state index < -0.39 is 0 Å². The van der Waals surface area contributed by atoms with Gasteiger partial charge in [0.15, 0.2) is 0 Å². The summed E-state index contributed by atoms with van der Waals surface area (Å²) in [5.74, 6) is 3.41. The molecule has 1 saturated carbocycles. The summed E-state index contributed by atoms with van der Waals surface area (Å²) in [4.78, 5) is 2.72. The highest BCUT2D eigenvalue weighted by molar-refractivity contribution is 5.22. The molecule has 0 N–H and O–H groups in total. The number of hydrogen-bond donors (Lipinski definition) is 0. The molecule has 0 bridgehead atoms. The van der Waals surface area contributed by atoms with E-state index in [1.807, 2.05) is 0 Å². The first-order valence-corrected chi connectivity index (χ1v) is 7.51. The lowest BCUT2D eigenvalue weighted by Crippen LogP contribution is -2.24. The third kappa shape index (κ3) is 2.61. The summed E-state index contributed by atoms with van der Waals surface area (Å²) in [5, 5.41) is 0. The fourth-order valence-electron chi connectivity index (χ4n) is 3.46. The standard InChI is InChI=1S/C17H25N/c1-13(2)16-11-18(10-14-8-9-14)12-17(16)15-6-4-3-5-7-15/h3-7,13-14,16-17H,8-12H2,1-2H3. The monoisotopic (exact) mass is 243 g/mol. The second kappa shape index (κ2) is 5.05. The average Bonchev–Trinajstić information content (AvgIpc) is 3.07. The van der Waals surface area contributed by atoms with Crippen molar-refractivity contribution in [1.82, 2.24) is 4.90 Å². The van der Waals surface area contributed by atoms with Crippen LogP contribution in [-0.2, 0) is 0 Å². The molecule has 0 aromatic heterocycles. The van der Waals surface area contributed by atoms with Crippen molar-refractivity contribution in [3.63, 3.8) is 0 Å². The van der Waals surface area contributed by atoms with Gasteiger partial charge in [-0.3, -0.25) is 0 Å². The molecule has 2 unspecified atom stereocenters. The molecular formula is C17H25N. The molecule has 18 heavy (non-hydrogen) atoms. The largest absolute Gasteiger partial charge is 0.302 e. The number of rotatable bonds is 4. The zero-order valence-electron chi connectivity index (χ0n) is 11.7. The van der Waals surface area contributed by atoms with Crippen LogP contribution in [0.5, 0.6) is 0 Å². The first-order chi connectivity index (χ1) is 8.74. The second-order valence-electron chi connectivity index (χ2n) is 6.59. The highest BCUT2D eigenvalue weighted by Gasteiger charge is 2.37. The van der Waals surface area contributed by atoms with E-state index in [4.69, 9.17) is 0 Å². The molecule has 2 aliphatic rings. The first kappa shape index (κ1) is 12.2. The minimum absolute atomic E-state index is 0.755. The summed E-state index contributed by atoms with van der Waals surface area (Å²) in [6, 6.07) is 11.2. The number of likely N-dealkylation sites (tertiary alicyclic amines) is 1. The minimum atomic E-state index is 0.755. The van der Waals surface area contributed by atoms with Gasteiger partial charge in [-0.25, -0.2) is 0 Å². The summed E-state index contributed by atoms with van der Waals surface area (Å²) < 4.78 is 0. The van der Waals surface area contributed by atoms with Crippen molar-refractivity contribution in [3.05, 3.63) is 35.9 Å². The van der Waals surface area contributed by atoms with Crippen molar-refractivity contribution >= 4 is 0 Å². The van der Waals surface area contributed by atoms with Crippen molar-refractivity contribution in [2.75, 3.05) is 19.6 Å². The number of benzene rings is 1. The lowest BCUT2D eigenvalue weighted by atomic mass is 9.82. The van der Waals surface area contributed by atoms with E-state index in [9.17, 15) is 0 Å². The molecule has 1 nitrogen and oxygen atoms in total. The Balaban J connectivity index is 1.74. The fourth-order valence-corrected chi connectivity index (χ4v) is 3.46. The van der Waals surface area contributed by atoms with Crippen molar-refractivity contribution < 1.29 is 0 Å². The van der Waals surface area contributed by atoms with E-state index in [-0.39, 0.29) is 0 Å². The summed E-state index contributed by atoms with van der Waals surface area (Å²) >= 11 is 0. The van der Waals surface area contributed by atoms with Gasteiger partial charge in [0, 0.05) is 25.6 Å². The van der Waals surface area contributed by atoms with E-state index >= 15 is 0 Å². The van der Waals surface area contributed by atoms with Gasteiger partial charge in [-0.15, -0.1) is 0 Å². The summed E-state index contributed by atoms with van der Waals surface area (Å²) in [5.41, 5.74) is 1.55. The SMILES string of the molecule is CC(C)C1CN(CC2CC2)CC1c1ccccc1. The molecule has 0 radical (unpaired) electrons. The third-order valence-electron chi connectivity index (χ3n) is 4.74. The maximum atomic E-state index is 2.72. The van der Waals surface area contributed by atoms with Gasteiger partial charge in [0.2, 0.25) is 0 Å². The lowest BCUT2D eigenvalue weighted by molar-refractivity contribution is 0.293. The molecule has 1 heteroatoms. The zero-order chi connectivity index (χ0) is 12.5. The Kier molecular flexibility index (Phi) is 3.43. The molecule has 2 atom stereocenters. The van der Waals surface area contributed by atoms with Crippen LogP contribution in [0.1, 0.15) is 38.2 Å². The predicted octanol–water partition coefficient (Wildman–Crippen LogP) is 3.77. The summed E-state index contributed by atoms with van der Waals surface area (Å²) in [6.45, 7) is 8.73. The van der Waals surface area contributed by atoms with Crippen LogP contribution in [-0.4, -0.2) is 24.5 Å². The van der Waals surface area contributed by atoms with Gasteiger partial charge in [-0.05, 0) is 36.2 Å². The Bertz CT molecular complexity index is 380. The molecule has 3 rings (SSSR count). The highest BCUT2D eigenvalue weighted by Crippen LogP contribution is 2.39. The molecule has 1 heterocycles. The van der Waals surface area contributed by atoms with Crippen LogP contribution in [0.25, 0.3) is 0 Å². The molecule has 1 saturated heterocycles. The van der Waals surface area contributed by atoms with Crippen LogP contribution in [0.3, 0.4) is 0 Å². The van der Waals surface area contributed by atoms with Gasteiger partial charge >= 0.3 is 0 Å². The molecule has 98 valence electrons. The van der Waals surface area contributed by atoms with Crippen molar-refractivity contribution in [2.24, 2.45) is 17.8 Å². The molecule has 1 aromatic rings. The van der Waals surface area contributed by atoms with Gasteiger partial charge in [0.05, 0.1) is 0 Å². The van der Waals surface area contributed by atoms with E-state index in [0.29, 0.717) is 0 Å². The van der Waals surface area contributed by atoms with Gasteiger partial charge in [0.25, 0.3) is 0 Å². The smallest absolute Gasteiger partial charge is 0.00538 e. The van der Waals surface area contributed by atoms with Crippen LogP contribution in [0.15, 0.2) is 30.3 Å². The fraction of sp³-hybridized carbons (Fsp3) is 0.647. The highest BCUT2D eigenvalue weighted by atomic mass is 15.2. The van der Waals surface area contributed by atoms with Gasteiger partial charge < -0.3 is 4.90 Å². The Labute approximate surface area is 111 Å². The average molecular weight is 243 g/mol. The quantitative estimate of drug-likeness (QED) is 0.778. The van der Waals surface area contributed by atoms with Gasteiger partial charge in [-0.1, -0.05) is 44.2 Å². The van der Waals surface area contributed by atoms with Crippen molar-refractivity contribution in [1.29, 1.82) is 0 Å². The van der Waals surface area contributed by atoms with Crippen LogP contribution in [0, 0.1) is 17.8 Å². The van der Waals surface area contributed by atoms with Crippen LogP contribution < -0.4 is 0 Å².